The van der Waals surface area contributed by atoms with Crippen molar-refractivity contribution in [2.75, 3.05) is 0 Å². The summed E-state index contributed by atoms with van der Waals surface area (Å²) >= 11 is 0. The van der Waals surface area contributed by atoms with Crippen molar-refractivity contribution in [2.24, 2.45) is 0 Å². The molecule has 0 aliphatic heterocycles. The van der Waals surface area contributed by atoms with Gasteiger partial charge in [0, 0.05) is 0 Å². The van der Waals surface area contributed by atoms with Gasteiger partial charge in [-0.1, -0.05) is 29.8 Å². The zero-order valence-corrected chi connectivity index (χ0v) is 8.66. The van der Waals surface area contributed by atoms with Gasteiger partial charge < -0.3 is 5.11 Å². The number of aliphatic hydroxyl groups is 1. The molecule has 0 aliphatic carbocycles. The minimum Gasteiger partial charge on any atom is -0.512 e. The third kappa shape index (κ3) is 2.22. The normalized spacial score (nSPS) is 12.2. The summed E-state index contributed by atoms with van der Waals surface area (Å²) in [5, 5.41) is 9.36. The van der Waals surface area contributed by atoms with Crippen molar-refractivity contribution < 1.29 is 9.90 Å². The second kappa shape index (κ2) is 4.09. The Balaban J connectivity index is 3.21. The quantitative estimate of drug-likeness (QED) is 0.575. The lowest BCUT2D eigenvalue weighted by Gasteiger charge is -2.05. The maximum Gasteiger partial charge on any atom is 0.163 e. The molecule has 1 rings (SSSR count). The van der Waals surface area contributed by atoms with Crippen LogP contribution >= 0.6 is 0 Å². The van der Waals surface area contributed by atoms with Crippen molar-refractivity contribution in [3.8, 4) is 0 Å². The number of rotatable bonds is 2. The van der Waals surface area contributed by atoms with Crippen LogP contribution in [0, 0.1) is 6.92 Å². The summed E-state index contributed by atoms with van der Waals surface area (Å²) in [6.45, 7) is 4.96. The minimum atomic E-state index is -0.117. The largest absolute Gasteiger partial charge is 0.512 e. The first kappa shape index (κ1) is 10.5. The molecule has 0 aliphatic rings. The van der Waals surface area contributed by atoms with Crippen LogP contribution in [0.3, 0.4) is 0 Å². The van der Waals surface area contributed by atoms with E-state index in [4.69, 9.17) is 0 Å². The Hall–Kier alpha value is -1.57. The molecule has 74 valence electrons. The molecule has 2 nitrogen and oxygen atoms in total. The second-order valence-electron chi connectivity index (χ2n) is 3.38. The lowest BCUT2D eigenvalue weighted by molar-refractivity contribution is -0.111. The van der Waals surface area contributed by atoms with Gasteiger partial charge in [0.25, 0.3) is 0 Å². The predicted octanol–water partition coefficient (Wildman–Crippen LogP) is 2.87. The van der Waals surface area contributed by atoms with Crippen LogP contribution in [0.2, 0.25) is 0 Å². The molecule has 0 fully saturated rings. The minimum absolute atomic E-state index is 0.0707. The average molecular weight is 190 g/mol. The number of aliphatic hydroxyl groups excluding tert-OH is 1. The molecule has 0 saturated carbocycles. The van der Waals surface area contributed by atoms with E-state index < -0.39 is 0 Å². The van der Waals surface area contributed by atoms with E-state index in [1.165, 1.54) is 13.8 Å². The van der Waals surface area contributed by atoms with Crippen LogP contribution in [-0.2, 0) is 4.79 Å². The van der Waals surface area contributed by atoms with Crippen LogP contribution in [0.1, 0.15) is 25.0 Å². The van der Waals surface area contributed by atoms with Gasteiger partial charge in [0.15, 0.2) is 5.78 Å². The Labute approximate surface area is 83.9 Å². The highest BCUT2D eigenvalue weighted by atomic mass is 16.3. The summed E-state index contributed by atoms with van der Waals surface area (Å²) in [4.78, 5) is 11.3. The van der Waals surface area contributed by atoms with Gasteiger partial charge >= 0.3 is 0 Å². The zero-order chi connectivity index (χ0) is 10.7. The van der Waals surface area contributed by atoms with Crippen LogP contribution < -0.4 is 0 Å². The van der Waals surface area contributed by atoms with Gasteiger partial charge in [-0.05, 0) is 26.3 Å². The fourth-order valence-corrected chi connectivity index (χ4v) is 1.39. The number of ketones is 1. The Bertz CT molecular complexity index is 368. The number of hydrogen-bond acceptors (Lipinski definition) is 2. The van der Waals surface area contributed by atoms with E-state index in [0.29, 0.717) is 5.57 Å². The highest BCUT2D eigenvalue weighted by Crippen LogP contribution is 2.18. The molecular formula is C12H14O2. The second-order valence-corrected chi connectivity index (χ2v) is 3.38. The molecule has 1 aromatic carbocycles. The van der Waals surface area contributed by atoms with Crippen LogP contribution in [0.4, 0.5) is 0 Å². The van der Waals surface area contributed by atoms with E-state index in [0.717, 1.165) is 11.1 Å². The third-order valence-corrected chi connectivity index (χ3v) is 2.05. The maximum atomic E-state index is 11.3. The number of carbonyl (C=O) groups excluding carboxylic acids is 1. The average Bonchev–Trinajstić information content (AvgIpc) is 2.07. The van der Waals surface area contributed by atoms with Crippen LogP contribution in [-0.4, -0.2) is 10.9 Å². The SMILES string of the molecule is CC(=O)/C(=C(\C)O)c1ccc(C)cc1. The third-order valence-electron chi connectivity index (χ3n) is 2.05. The van der Waals surface area contributed by atoms with Crippen LogP contribution in [0.5, 0.6) is 0 Å². The molecule has 0 radical (unpaired) electrons. The molecule has 0 heterocycles. The first-order valence-electron chi connectivity index (χ1n) is 4.50. The van der Waals surface area contributed by atoms with Gasteiger partial charge in [0.05, 0.1) is 5.57 Å². The molecule has 0 bridgehead atoms. The topological polar surface area (TPSA) is 37.3 Å². The Morgan fingerprint density at radius 2 is 1.64 bits per heavy atom. The number of carbonyl (C=O) groups is 1. The molecule has 1 aromatic rings. The van der Waals surface area contributed by atoms with E-state index in [1.807, 2.05) is 31.2 Å². The van der Waals surface area contributed by atoms with Crippen molar-refractivity contribution in [1.82, 2.24) is 0 Å². The fraction of sp³-hybridized carbons (Fsp3) is 0.250. The van der Waals surface area contributed by atoms with Gasteiger partial charge in [0.1, 0.15) is 5.76 Å². The molecular weight excluding hydrogens is 176 g/mol. The summed E-state index contributed by atoms with van der Waals surface area (Å²) in [6.07, 6.45) is 0. The van der Waals surface area contributed by atoms with Gasteiger partial charge in [-0.3, -0.25) is 4.79 Å². The Morgan fingerprint density at radius 3 is 2.00 bits per heavy atom. The van der Waals surface area contributed by atoms with Crippen LogP contribution in [0.15, 0.2) is 30.0 Å². The van der Waals surface area contributed by atoms with Gasteiger partial charge in [-0.25, -0.2) is 0 Å². The molecule has 0 unspecified atom stereocenters. The van der Waals surface area contributed by atoms with Crippen LogP contribution in [0.25, 0.3) is 5.57 Å². The number of Topliss-reactive ketones (excluding diaryl/α,β-unsaturated/α-hetero) is 1. The highest BCUT2D eigenvalue weighted by Gasteiger charge is 2.10. The van der Waals surface area contributed by atoms with E-state index >= 15 is 0 Å². The maximum absolute atomic E-state index is 11.3. The lowest BCUT2D eigenvalue weighted by Crippen LogP contribution is -1.99. The first-order chi connectivity index (χ1) is 6.52. The number of benzene rings is 1. The molecule has 0 saturated heterocycles. The standard InChI is InChI=1S/C12H14O2/c1-8-4-6-11(7-5-8)12(9(2)13)10(3)14/h4-7,13H,1-3H3/b12-9-. The van der Waals surface area contributed by atoms with Crippen molar-refractivity contribution >= 4 is 11.4 Å². The van der Waals surface area contributed by atoms with E-state index in [2.05, 4.69) is 0 Å². The molecule has 14 heavy (non-hydrogen) atoms. The number of aryl methyl sites for hydroxylation is 1. The fourth-order valence-electron chi connectivity index (χ4n) is 1.39. The summed E-state index contributed by atoms with van der Waals surface area (Å²) < 4.78 is 0. The lowest BCUT2D eigenvalue weighted by atomic mass is 10.0. The Kier molecular flexibility index (Phi) is 3.07. The van der Waals surface area contributed by atoms with Gasteiger partial charge in [-0.15, -0.1) is 0 Å². The monoisotopic (exact) mass is 190 g/mol. The first-order valence-corrected chi connectivity index (χ1v) is 4.50. The molecule has 0 amide bonds. The molecule has 0 spiro atoms. The number of allylic oxidation sites excluding steroid dienone is 2. The van der Waals surface area contributed by atoms with E-state index in [9.17, 15) is 9.90 Å². The smallest absolute Gasteiger partial charge is 0.163 e. The molecule has 0 aromatic heterocycles. The zero-order valence-electron chi connectivity index (χ0n) is 8.66. The summed E-state index contributed by atoms with van der Waals surface area (Å²) in [5.74, 6) is -0.0461. The summed E-state index contributed by atoms with van der Waals surface area (Å²) in [5.41, 5.74) is 2.29. The van der Waals surface area contributed by atoms with Crippen molar-refractivity contribution in [3.63, 3.8) is 0 Å². The van der Waals surface area contributed by atoms with Gasteiger partial charge in [0.2, 0.25) is 0 Å². The van der Waals surface area contributed by atoms with E-state index in [1.54, 1.807) is 0 Å². The summed E-state index contributed by atoms with van der Waals surface area (Å²) in [7, 11) is 0. The highest BCUT2D eigenvalue weighted by molar-refractivity contribution is 6.20. The van der Waals surface area contributed by atoms with Crippen molar-refractivity contribution in [2.45, 2.75) is 20.8 Å². The molecule has 1 N–H and O–H groups in total. The molecule has 2 heteroatoms. The van der Waals surface area contributed by atoms with E-state index in [-0.39, 0.29) is 11.5 Å². The molecule has 0 atom stereocenters. The van der Waals surface area contributed by atoms with Gasteiger partial charge in [-0.2, -0.15) is 0 Å². The predicted molar refractivity (Wildman–Crippen MR) is 57.1 cm³/mol. The Morgan fingerprint density at radius 1 is 1.14 bits per heavy atom. The van der Waals surface area contributed by atoms with Crippen molar-refractivity contribution in [1.29, 1.82) is 0 Å². The summed E-state index contributed by atoms with van der Waals surface area (Å²) in [6, 6.07) is 7.51. The number of hydrogen-bond donors (Lipinski definition) is 1. The van der Waals surface area contributed by atoms with Crippen molar-refractivity contribution in [3.05, 3.63) is 41.2 Å².